The van der Waals surface area contributed by atoms with Crippen molar-refractivity contribution >= 4 is 11.9 Å². The summed E-state index contributed by atoms with van der Waals surface area (Å²) in [6.45, 7) is 2.46. The summed E-state index contributed by atoms with van der Waals surface area (Å²) >= 11 is 0. The number of carbonyl (C=O) groups is 2. The maximum absolute atomic E-state index is 11.8. The Balaban J connectivity index is 2.42. The Morgan fingerprint density at radius 1 is 1.29 bits per heavy atom. The molecule has 21 heavy (non-hydrogen) atoms. The summed E-state index contributed by atoms with van der Waals surface area (Å²) in [7, 11) is 1.32. The van der Waals surface area contributed by atoms with Crippen molar-refractivity contribution in [3.05, 3.63) is 35.4 Å². The molecule has 2 N–H and O–H groups in total. The van der Waals surface area contributed by atoms with E-state index in [1.807, 2.05) is 19.1 Å². The average molecular weight is 293 g/mol. The molecule has 5 nitrogen and oxygen atoms in total. The van der Waals surface area contributed by atoms with E-state index >= 15 is 0 Å². The van der Waals surface area contributed by atoms with E-state index < -0.39 is 0 Å². The molecule has 0 heterocycles. The van der Waals surface area contributed by atoms with Crippen LogP contribution in [0.25, 0.3) is 0 Å². The molecule has 0 aromatic heterocycles. The molecular formula is C16H23NO4. The first-order chi connectivity index (χ1) is 10.1. The van der Waals surface area contributed by atoms with Gasteiger partial charge in [0.1, 0.15) is 0 Å². The van der Waals surface area contributed by atoms with Crippen LogP contribution in [-0.4, -0.2) is 37.2 Å². The fourth-order valence-electron chi connectivity index (χ4n) is 1.81. The van der Waals surface area contributed by atoms with Gasteiger partial charge in [-0.15, -0.1) is 0 Å². The number of benzene rings is 1. The van der Waals surface area contributed by atoms with Crippen molar-refractivity contribution in [3.63, 3.8) is 0 Å². The lowest BCUT2D eigenvalue weighted by molar-refractivity contribution is -0.140. The SMILES string of the molecule is COC(=O)CCNC(=O)c1ccc(CCC(C)CO)cc1. The first kappa shape index (κ1) is 17.2. The van der Waals surface area contributed by atoms with Gasteiger partial charge < -0.3 is 15.2 Å². The van der Waals surface area contributed by atoms with E-state index in [1.165, 1.54) is 7.11 Å². The van der Waals surface area contributed by atoms with Gasteiger partial charge in [-0.05, 0) is 36.5 Å². The van der Waals surface area contributed by atoms with Crippen LogP contribution in [0, 0.1) is 5.92 Å². The maximum Gasteiger partial charge on any atom is 0.307 e. The predicted molar refractivity (Wildman–Crippen MR) is 80.0 cm³/mol. The quantitative estimate of drug-likeness (QED) is 0.713. The highest BCUT2D eigenvalue weighted by molar-refractivity contribution is 5.94. The summed E-state index contributed by atoms with van der Waals surface area (Å²) in [5.41, 5.74) is 1.71. The molecule has 0 fully saturated rings. The van der Waals surface area contributed by atoms with E-state index in [0.717, 1.165) is 18.4 Å². The van der Waals surface area contributed by atoms with E-state index in [-0.39, 0.29) is 37.4 Å². The Hall–Kier alpha value is -1.88. The minimum Gasteiger partial charge on any atom is -0.469 e. The Kier molecular flexibility index (Phi) is 7.46. The Labute approximate surface area is 125 Å². The number of hydrogen-bond donors (Lipinski definition) is 2. The van der Waals surface area contributed by atoms with Gasteiger partial charge in [0.05, 0.1) is 13.5 Å². The normalized spacial score (nSPS) is 11.8. The Bertz CT molecular complexity index is 456. The highest BCUT2D eigenvalue weighted by atomic mass is 16.5. The fourth-order valence-corrected chi connectivity index (χ4v) is 1.81. The van der Waals surface area contributed by atoms with Crippen LogP contribution in [0.3, 0.4) is 0 Å². The van der Waals surface area contributed by atoms with Gasteiger partial charge in [0.25, 0.3) is 5.91 Å². The zero-order chi connectivity index (χ0) is 15.7. The van der Waals surface area contributed by atoms with Crippen LogP contribution in [0.5, 0.6) is 0 Å². The van der Waals surface area contributed by atoms with Crippen molar-refractivity contribution in [3.8, 4) is 0 Å². The van der Waals surface area contributed by atoms with E-state index in [9.17, 15) is 9.59 Å². The minimum absolute atomic E-state index is 0.166. The standard InChI is InChI=1S/C16H23NO4/c1-12(11-18)3-4-13-5-7-14(8-6-13)16(20)17-10-9-15(19)21-2/h5-8,12,18H,3-4,9-11H2,1-2H3,(H,17,20). The van der Waals surface area contributed by atoms with E-state index in [0.29, 0.717) is 5.56 Å². The molecule has 0 aliphatic heterocycles. The summed E-state index contributed by atoms with van der Waals surface area (Å²) in [5.74, 6) is -0.260. The lowest BCUT2D eigenvalue weighted by Gasteiger charge is -2.08. The zero-order valence-electron chi connectivity index (χ0n) is 12.6. The van der Waals surface area contributed by atoms with Crippen molar-refractivity contribution in [2.75, 3.05) is 20.3 Å². The summed E-state index contributed by atoms with van der Waals surface area (Å²) < 4.78 is 4.50. The number of aryl methyl sites for hydroxylation is 1. The molecule has 0 radical (unpaired) electrons. The number of aliphatic hydroxyl groups excluding tert-OH is 1. The second kappa shape index (κ2) is 9.13. The summed E-state index contributed by atoms with van der Waals surface area (Å²) in [5, 5.41) is 11.7. The lowest BCUT2D eigenvalue weighted by atomic mass is 10.0. The molecule has 1 amide bonds. The maximum atomic E-state index is 11.8. The van der Waals surface area contributed by atoms with Crippen LogP contribution in [0.15, 0.2) is 24.3 Å². The second-order valence-electron chi connectivity index (χ2n) is 5.11. The van der Waals surface area contributed by atoms with Gasteiger partial charge in [-0.1, -0.05) is 19.1 Å². The molecule has 0 saturated heterocycles. The van der Waals surface area contributed by atoms with Crippen molar-refractivity contribution in [1.29, 1.82) is 0 Å². The number of aliphatic hydroxyl groups is 1. The third kappa shape index (κ3) is 6.40. The van der Waals surface area contributed by atoms with E-state index in [4.69, 9.17) is 5.11 Å². The number of ether oxygens (including phenoxy) is 1. The molecule has 0 bridgehead atoms. The van der Waals surface area contributed by atoms with Crippen LogP contribution in [0.1, 0.15) is 35.7 Å². The van der Waals surface area contributed by atoms with Crippen molar-refractivity contribution in [1.82, 2.24) is 5.32 Å². The highest BCUT2D eigenvalue weighted by Crippen LogP contribution is 2.10. The monoisotopic (exact) mass is 293 g/mol. The zero-order valence-corrected chi connectivity index (χ0v) is 12.6. The average Bonchev–Trinajstić information content (AvgIpc) is 2.52. The van der Waals surface area contributed by atoms with E-state index in [1.54, 1.807) is 12.1 Å². The molecular weight excluding hydrogens is 270 g/mol. The largest absolute Gasteiger partial charge is 0.469 e. The number of rotatable bonds is 8. The van der Waals surface area contributed by atoms with Gasteiger partial charge in [-0.2, -0.15) is 0 Å². The minimum atomic E-state index is -0.344. The molecule has 1 atom stereocenters. The first-order valence-electron chi connectivity index (χ1n) is 7.11. The summed E-state index contributed by atoms with van der Waals surface area (Å²) in [4.78, 5) is 22.8. The lowest BCUT2D eigenvalue weighted by Crippen LogP contribution is -2.26. The van der Waals surface area contributed by atoms with Crippen LogP contribution >= 0.6 is 0 Å². The first-order valence-corrected chi connectivity index (χ1v) is 7.11. The number of esters is 1. The van der Waals surface area contributed by atoms with Crippen LogP contribution in [-0.2, 0) is 16.0 Å². The molecule has 1 unspecified atom stereocenters. The molecule has 5 heteroatoms. The molecule has 116 valence electrons. The van der Waals surface area contributed by atoms with Crippen LogP contribution in [0.2, 0.25) is 0 Å². The van der Waals surface area contributed by atoms with Crippen molar-refractivity contribution in [2.45, 2.75) is 26.2 Å². The van der Waals surface area contributed by atoms with Gasteiger partial charge in [-0.3, -0.25) is 9.59 Å². The van der Waals surface area contributed by atoms with Gasteiger partial charge >= 0.3 is 5.97 Å². The smallest absolute Gasteiger partial charge is 0.307 e. The molecule has 0 aliphatic carbocycles. The third-order valence-electron chi connectivity index (χ3n) is 3.30. The number of amides is 1. The Morgan fingerprint density at radius 3 is 2.52 bits per heavy atom. The van der Waals surface area contributed by atoms with Crippen molar-refractivity contribution < 1.29 is 19.4 Å². The number of nitrogens with one attached hydrogen (secondary N) is 1. The van der Waals surface area contributed by atoms with Crippen LogP contribution in [0.4, 0.5) is 0 Å². The van der Waals surface area contributed by atoms with Crippen molar-refractivity contribution in [2.24, 2.45) is 5.92 Å². The molecule has 0 saturated carbocycles. The molecule has 0 aliphatic rings. The molecule has 1 aromatic rings. The number of hydrogen-bond acceptors (Lipinski definition) is 4. The summed E-state index contributed by atoms with van der Waals surface area (Å²) in [6, 6.07) is 7.37. The van der Waals surface area contributed by atoms with E-state index in [2.05, 4.69) is 10.1 Å². The number of carbonyl (C=O) groups excluding carboxylic acids is 2. The summed E-state index contributed by atoms with van der Waals surface area (Å²) in [6.07, 6.45) is 1.96. The third-order valence-corrected chi connectivity index (χ3v) is 3.30. The molecule has 0 spiro atoms. The van der Waals surface area contributed by atoms with Gasteiger partial charge in [0.2, 0.25) is 0 Å². The Morgan fingerprint density at radius 2 is 1.95 bits per heavy atom. The van der Waals surface area contributed by atoms with Gasteiger partial charge in [-0.25, -0.2) is 0 Å². The van der Waals surface area contributed by atoms with Crippen LogP contribution < -0.4 is 5.32 Å². The molecule has 1 aromatic carbocycles. The predicted octanol–water partition coefficient (Wildman–Crippen LogP) is 1.54. The highest BCUT2D eigenvalue weighted by Gasteiger charge is 2.07. The topological polar surface area (TPSA) is 75.6 Å². The number of methoxy groups -OCH3 is 1. The van der Waals surface area contributed by atoms with Gasteiger partial charge in [0, 0.05) is 18.7 Å². The molecule has 1 rings (SSSR count). The second-order valence-corrected chi connectivity index (χ2v) is 5.11. The fraction of sp³-hybridized carbons (Fsp3) is 0.500. The van der Waals surface area contributed by atoms with Gasteiger partial charge in [0.15, 0.2) is 0 Å².